The molecule has 3 aromatic carbocycles. The number of nitro benzene ring substituents is 1. The lowest BCUT2D eigenvalue weighted by Crippen LogP contribution is -2.31. The number of rotatable bonds is 10. The van der Waals surface area contributed by atoms with E-state index in [1.165, 1.54) is 12.3 Å². The molecule has 0 radical (unpaired) electrons. The number of carbonyl (C=O) groups excluding carboxylic acids is 1. The van der Waals surface area contributed by atoms with Crippen LogP contribution in [0.4, 0.5) is 11.4 Å². The molecule has 1 aromatic heterocycles. The van der Waals surface area contributed by atoms with Crippen LogP contribution in [0.2, 0.25) is 0 Å². The van der Waals surface area contributed by atoms with E-state index in [4.69, 9.17) is 0 Å². The molecule has 4 aromatic rings. The summed E-state index contributed by atoms with van der Waals surface area (Å²) in [6, 6.07) is 19.3. The standard InChI is InChI=1S/C30H33N5O4/c1-20(2)17-33(18-21(3)4)27-14-13-22(15-28(27)35(38)39)16-31-32-29(36)19-34-25-11-7-5-9-23(25)30(37)24-10-6-8-12-26(24)34/h5-16,20-21H,17-19H2,1-4H3,(H,32,36). The van der Waals surface area contributed by atoms with E-state index in [0.29, 0.717) is 58.0 Å². The molecule has 0 aliphatic carbocycles. The average Bonchev–Trinajstić information content (AvgIpc) is 2.90. The van der Waals surface area contributed by atoms with Crippen molar-refractivity contribution in [2.75, 3.05) is 18.0 Å². The summed E-state index contributed by atoms with van der Waals surface area (Å²) in [4.78, 5) is 39.4. The van der Waals surface area contributed by atoms with Gasteiger partial charge in [-0.25, -0.2) is 5.43 Å². The van der Waals surface area contributed by atoms with E-state index in [1.54, 1.807) is 41.0 Å². The fourth-order valence-corrected chi connectivity index (χ4v) is 4.79. The lowest BCUT2D eigenvalue weighted by molar-refractivity contribution is -0.384. The molecule has 0 atom stereocenters. The van der Waals surface area contributed by atoms with Crippen LogP contribution in [0.25, 0.3) is 21.8 Å². The van der Waals surface area contributed by atoms with Crippen LogP contribution in [0.3, 0.4) is 0 Å². The van der Waals surface area contributed by atoms with Crippen LogP contribution >= 0.6 is 0 Å². The Morgan fingerprint density at radius 2 is 1.54 bits per heavy atom. The van der Waals surface area contributed by atoms with Crippen molar-refractivity contribution in [3.63, 3.8) is 0 Å². The molecule has 0 spiro atoms. The molecule has 4 rings (SSSR count). The van der Waals surface area contributed by atoms with Crippen molar-refractivity contribution < 1.29 is 9.72 Å². The van der Waals surface area contributed by atoms with Gasteiger partial charge >= 0.3 is 0 Å². The molecule has 1 amide bonds. The SMILES string of the molecule is CC(C)CN(CC(C)C)c1ccc(C=NNC(=O)Cn2c3ccccc3c(=O)c3ccccc32)cc1[N+](=O)[O-]. The number of nitro groups is 1. The van der Waals surface area contributed by atoms with Crippen LogP contribution in [0.15, 0.2) is 76.6 Å². The predicted molar refractivity (Wildman–Crippen MR) is 156 cm³/mol. The van der Waals surface area contributed by atoms with E-state index < -0.39 is 5.91 Å². The number of hydrogen-bond donors (Lipinski definition) is 1. The van der Waals surface area contributed by atoms with Crippen molar-refractivity contribution in [3.8, 4) is 0 Å². The lowest BCUT2D eigenvalue weighted by atomic mass is 10.1. The van der Waals surface area contributed by atoms with Crippen LogP contribution in [0, 0.1) is 22.0 Å². The summed E-state index contributed by atoms with van der Waals surface area (Å²) in [7, 11) is 0. The van der Waals surface area contributed by atoms with Crippen molar-refractivity contribution in [3.05, 3.63) is 92.6 Å². The highest BCUT2D eigenvalue weighted by atomic mass is 16.6. The van der Waals surface area contributed by atoms with Gasteiger partial charge in [-0.15, -0.1) is 0 Å². The van der Waals surface area contributed by atoms with Crippen LogP contribution in [-0.4, -0.2) is 34.7 Å². The van der Waals surface area contributed by atoms with E-state index in [-0.39, 0.29) is 22.6 Å². The summed E-state index contributed by atoms with van der Waals surface area (Å²) in [5.41, 5.74) is 4.80. The zero-order valence-electron chi connectivity index (χ0n) is 22.6. The summed E-state index contributed by atoms with van der Waals surface area (Å²) in [5.74, 6) is 0.296. The smallest absolute Gasteiger partial charge is 0.293 e. The molecule has 0 saturated heterocycles. The summed E-state index contributed by atoms with van der Waals surface area (Å²) in [5, 5.41) is 17.0. The predicted octanol–water partition coefficient (Wildman–Crippen LogP) is 5.33. The minimum atomic E-state index is -0.392. The van der Waals surface area contributed by atoms with E-state index in [0.717, 1.165) is 0 Å². The first-order valence-electron chi connectivity index (χ1n) is 13.0. The minimum Gasteiger partial charge on any atom is -0.365 e. The van der Waals surface area contributed by atoms with Crippen LogP contribution < -0.4 is 15.8 Å². The van der Waals surface area contributed by atoms with Gasteiger partial charge in [-0.2, -0.15) is 5.10 Å². The van der Waals surface area contributed by atoms with Crippen LogP contribution in [0.5, 0.6) is 0 Å². The zero-order chi connectivity index (χ0) is 28.1. The Balaban J connectivity index is 1.56. The van der Waals surface area contributed by atoms with Gasteiger partial charge < -0.3 is 9.47 Å². The second kappa shape index (κ2) is 11.9. The third-order valence-electron chi connectivity index (χ3n) is 6.29. The van der Waals surface area contributed by atoms with E-state index >= 15 is 0 Å². The summed E-state index contributed by atoms with van der Waals surface area (Å²) >= 11 is 0. The average molecular weight is 528 g/mol. The van der Waals surface area contributed by atoms with Crippen molar-refractivity contribution in [2.24, 2.45) is 16.9 Å². The molecule has 9 nitrogen and oxygen atoms in total. The quantitative estimate of drug-likeness (QED) is 0.130. The number of pyridine rings is 1. The van der Waals surface area contributed by atoms with Gasteiger partial charge in [0.05, 0.1) is 22.2 Å². The maximum Gasteiger partial charge on any atom is 0.293 e. The second-order valence-corrected chi connectivity index (χ2v) is 10.4. The highest BCUT2D eigenvalue weighted by Crippen LogP contribution is 2.30. The topological polar surface area (TPSA) is 110 Å². The second-order valence-electron chi connectivity index (χ2n) is 10.4. The number of hydrogen-bond acceptors (Lipinski definition) is 6. The number of carbonyl (C=O) groups is 1. The molecule has 39 heavy (non-hydrogen) atoms. The van der Waals surface area contributed by atoms with Gasteiger partial charge in [0.25, 0.3) is 11.6 Å². The molecule has 0 fully saturated rings. The third-order valence-corrected chi connectivity index (χ3v) is 6.29. The minimum absolute atomic E-state index is 0.00206. The van der Waals surface area contributed by atoms with Crippen molar-refractivity contribution in [1.29, 1.82) is 0 Å². The van der Waals surface area contributed by atoms with Crippen molar-refractivity contribution in [1.82, 2.24) is 9.99 Å². The summed E-state index contributed by atoms with van der Waals surface area (Å²) in [6.45, 7) is 9.69. The van der Waals surface area contributed by atoms with E-state index in [1.807, 2.05) is 24.3 Å². The molecule has 202 valence electrons. The van der Waals surface area contributed by atoms with Gasteiger partial charge in [0.2, 0.25) is 0 Å². The third kappa shape index (κ3) is 6.31. The highest BCUT2D eigenvalue weighted by molar-refractivity contribution is 5.95. The Hall–Kier alpha value is -4.53. The Morgan fingerprint density at radius 3 is 2.08 bits per heavy atom. The molecule has 9 heteroatoms. The Kier molecular flexibility index (Phi) is 8.39. The van der Waals surface area contributed by atoms with Gasteiger partial charge in [0.15, 0.2) is 5.43 Å². The largest absolute Gasteiger partial charge is 0.365 e. The van der Waals surface area contributed by atoms with Gasteiger partial charge in [-0.05, 0) is 42.2 Å². The maximum atomic E-state index is 12.9. The number of fused-ring (bicyclic) bond motifs is 2. The normalized spacial score (nSPS) is 11.6. The fraction of sp³-hybridized carbons (Fsp3) is 0.300. The van der Waals surface area contributed by atoms with Gasteiger partial charge in [-0.3, -0.25) is 19.7 Å². The van der Waals surface area contributed by atoms with Crippen molar-refractivity contribution in [2.45, 2.75) is 34.2 Å². The molecular formula is C30H33N5O4. The summed E-state index contributed by atoms with van der Waals surface area (Å²) < 4.78 is 1.79. The number of nitrogens with one attached hydrogen (secondary N) is 1. The highest BCUT2D eigenvalue weighted by Gasteiger charge is 2.21. The molecule has 1 N–H and O–H groups in total. The van der Waals surface area contributed by atoms with E-state index in [2.05, 4.69) is 43.1 Å². The fourth-order valence-electron chi connectivity index (χ4n) is 4.79. The molecule has 0 aliphatic rings. The number of amides is 1. The first-order chi connectivity index (χ1) is 18.7. The first-order valence-corrected chi connectivity index (χ1v) is 13.0. The zero-order valence-corrected chi connectivity index (χ0v) is 22.6. The molecular weight excluding hydrogens is 494 g/mol. The maximum absolute atomic E-state index is 12.9. The van der Waals surface area contributed by atoms with Crippen LogP contribution in [0.1, 0.15) is 33.3 Å². The molecule has 1 heterocycles. The molecule has 0 unspecified atom stereocenters. The molecule has 0 aliphatic heterocycles. The van der Waals surface area contributed by atoms with Gasteiger partial charge in [-0.1, -0.05) is 58.0 Å². The number of aromatic nitrogens is 1. The first kappa shape index (κ1) is 27.5. The Labute approximate surface area is 226 Å². The molecule has 0 saturated carbocycles. The number of para-hydroxylation sites is 2. The lowest BCUT2D eigenvalue weighted by Gasteiger charge is -2.28. The number of anilines is 1. The van der Waals surface area contributed by atoms with Crippen LogP contribution in [-0.2, 0) is 11.3 Å². The van der Waals surface area contributed by atoms with E-state index in [9.17, 15) is 19.7 Å². The Morgan fingerprint density at radius 1 is 0.974 bits per heavy atom. The van der Waals surface area contributed by atoms with Crippen molar-refractivity contribution >= 4 is 45.3 Å². The number of nitrogens with zero attached hydrogens (tertiary/aromatic N) is 4. The Bertz CT molecular complexity index is 1540. The van der Waals surface area contributed by atoms with Gasteiger partial charge in [0.1, 0.15) is 12.2 Å². The number of hydrazone groups is 1. The molecule has 0 bridgehead atoms. The number of benzene rings is 3. The summed E-state index contributed by atoms with van der Waals surface area (Å²) in [6.07, 6.45) is 1.39. The van der Waals surface area contributed by atoms with Gasteiger partial charge in [0, 0.05) is 35.5 Å². The monoisotopic (exact) mass is 527 g/mol.